The highest BCUT2D eigenvalue weighted by molar-refractivity contribution is 6.34. The van der Waals surface area contributed by atoms with E-state index in [0.717, 1.165) is 11.1 Å². The SMILES string of the molecule is Cc1ccccc1C(N)C(=O)NC1CCN(c2ccccc2Cl)C1=O. The molecule has 6 heteroatoms. The number of nitrogens with one attached hydrogen (secondary N) is 1. The van der Waals surface area contributed by atoms with Gasteiger partial charge in [0.1, 0.15) is 12.1 Å². The summed E-state index contributed by atoms with van der Waals surface area (Å²) in [6.07, 6.45) is 0.524. The Hall–Kier alpha value is -2.37. The number of amides is 2. The van der Waals surface area contributed by atoms with Crippen LogP contribution >= 0.6 is 11.6 Å². The molecule has 0 spiro atoms. The van der Waals surface area contributed by atoms with Gasteiger partial charge in [0.25, 0.3) is 0 Å². The van der Waals surface area contributed by atoms with Gasteiger partial charge in [0.2, 0.25) is 11.8 Å². The number of carbonyl (C=O) groups is 2. The van der Waals surface area contributed by atoms with Gasteiger partial charge in [0.05, 0.1) is 10.7 Å². The van der Waals surface area contributed by atoms with Gasteiger partial charge in [0.15, 0.2) is 0 Å². The number of carbonyl (C=O) groups excluding carboxylic acids is 2. The highest BCUT2D eigenvalue weighted by Crippen LogP contribution is 2.29. The van der Waals surface area contributed by atoms with E-state index >= 15 is 0 Å². The molecule has 130 valence electrons. The first-order valence-electron chi connectivity index (χ1n) is 8.16. The minimum atomic E-state index is -0.802. The minimum absolute atomic E-state index is 0.168. The molecule has 2 amide bonds. The van der Waals surface area contributed by atoms with E-state index in [9.17, 15) is 9.59 Å². The van der Waals surface area contributed by atoms with Gasteiger partial charge >= 0.3 is 0 Å². The molecular formula is C19H20ClN3O2. The second-order valence-electron chi connectivity index (χ2n) is 6.13. The van der Waals surface area contributed by atoms with Crippen LogP contribution < -0.4 is 16.0 Å². The molecular weight excluding hydrogens is 338 g/mol. The number of benzene rings is 2. The third kappa shape index (κ3) is 3.52. The van der Waals surface area contributed by atoms with E-state index in [1.807, 2.05) is 43.3 Å². The molecule has 1 saturated heterocycles. The van der Waals surface area contributed by atoms with E-state index in [0.29, 0.717) is 23.7 Å². The summed E-state index contributed by atoms with van der Waals surface area (Å²) in [5, 5.41) is 3.29. The fourth-order valence-electron chi connectivity index (χ4n) is 3.06. The quantitative estimate of drug-likeness (QED) is 0.883. The molecule has 2 unspecified atom stereocenters. The Morgan fingerprint density at radius 2 is 1.92 bits per heavy atom. The van der Waals surface area contributed by atoms with E-state index in [1.54, 1.807) is 17.0 Å². The maximum Gasteiger partial charge on any atom is 0.249 e. The number of halogens is 1. The normalized spacial score (nSPS) is 18.3. The van der Waals surface area contributed by atoms with Crippen molar-refractivity contribution in [3.05, 3.63) is 64.7 Å². The number of hydrogen-bond donors (Lipinski definition) is 2. The molecule has 25 heavy (non-hydrogen) atoms. The Labute approximate surface area is 151 Å². The van der Waals surface area contributed by atoms with Crippen LogP contribution in [-0.4, -0.2) is 24.4 Å². The lowest BCUT2D eigenvalue weighted by Crippen LogP contribution is -2.45. The van der Waals surface area contributed by atoms with Crippen LogP contribution in [0.3, 0.4) is 0 Å². The van der Waals surface area contributed by atoms with Gasteiger partial charge in [-0.15, -0.1) is 0 Å². The van der Waals surface area contributed by atoms with Gasteiger partial charge in [-0.05, 0) is 36.6 Å². The summed E-state index contributed by atoms with van der Waals surface area (Å²) in [7, 11) is 0. The maximum absolute atomic E-state index is 12.6. The predicted octanol–water partition coefficient (Wildman–Crippen LogP) is 2.57. The lowest BCUT2D eigenvalue weighted by molar-refractivity contribution is -0.127. The van der Waals surface area contributed by atoms with Gasteiger partial charge in [-0.25, -0.2) is 0 Å². The van der Waals surface area contributed by atoms with Gasteiger partial charge in [-0.1, -0.05) is 48.0 Å². The lowest BCUT2D eigenvalue weighted by Gasteiger charge is -2.20. The Morgan fingerprint density at radius 3 is 2.64 bits per heavy atom. The van der Waals surface area contributed by atoms with Crippen LogP contribution in [0.25, 0.3) is 0 Å². The van der Waals surface area contributed by atoms with Crippen LogP contribution in [0.4, 0.5) is 5.69 Å². The van der Waals surface area contributed by atoms with Crippen molar-refractivity contribution in [2.75, 3.05) is 11.4 Å². The summed E-state index contributed by atoms with van der Waals surface area (Å²) in [5.41, 5.74) is 8.44. The van der Waals surface area contributed by atoms with Crippen molar-refractivity contribution in [2.24, 2.45) is 5.73 Å². The summed E-state index contributed by atoms with van der Waals surface area (Å²) in [4.78, 5) is 26.7. The summed E-state index contributed by atoms with van der Waals surface area (Å²) in [5.74, 6) is -0.521. The molecule has 2 aromatic rings. The zero-order valence-corrected chi connectivity index (χ0v) is 14.7. The number of rotatable bonds is 4. The highest BCUT2D eigenvalue weighted by atomic mass is 35.5. The lowest BCUT2D eigenvalue weighted by atomic mass is 10.0. The van der Waals surface area contributed by atoms with E-state index in [2.05, 4.69) is 5.32 Å². The molecule has 1 heterocycles. The topological polar surface area (TPSA) is 75.4 Å². The van der Waals surface area contributed by atoms with E-state index < -0.39 is 12.1 Å². The molecule has 1 aliphatic rings. The molecule has 1 aliphatic heterocycles. The molecule has 2 atom stereocenters. The number of nitrogens with two attached hydrogens (primary N) is 1. The molecule has 2 aromatic carbocycles. The minimum Gasteiger partial charge on any atom is -0.343 e. The van der Waals surface area contributed by atoms with E-state index in [4.69, 9.17) is 17.3 Å². The van der Waals surface area contributed by atoms with Crippen LogP contribution in [0.15, 0.2) is 48.5 Å². The van der Waals surface area contributed by atoms with Crippen molar-refractivity contribution < 1.29 is 9.59 Å². The van der Waals surface area contributed by atoms with Gasteiger partial charge in [-0.2, -0.15) is 0 Å². The standard InChI is InChI=1S/C19H20ClN3O2/c1-12-6-2-3-7-13(12)17(21)18(24)22-15-10-11-23(19(15)25)16-9-5-4-8-14(16)20/h2-9,15,17H,10-11,21H2,1H3,(H,22,24). The number of aryl methyl sites for hydroxylation is 1. The number of nitrogens with zero attached hydrogens (tertiary/aromatic N) is 1. The molecule has 0 bridgehead atoms. The van der Waals surface area contributed by atoms with Gasteiger partial charge in [-0.3, -0.25) is 9.59 Å². The monoisotopic (exact) mass is 357 g/mol. The molecule has 0 saturated carbocycles. The maximum atomic E-state index is 12.6. The largest absolute Gasteiger partial charge is 0.343 e. The Bertz CT molecular complexity index is 809. The summed E-state index contributed by atoms with van der Waals surface area (Å²) >= 11 is 6.17. The Kier molecular flexibility index (Phi) is 5.06. The van der Waals surface area contributed by atoms with Gasteiger partial charge < -0.3 is 16.0 Å². The second kappa shape index (κ2) is 7.25. The third-order valence-electron chi connectivity index (χ3n) is 4.47. The first-order valence-corrected chi connectivity index (χ1v) is 8.54. The molecule has 3 N–H and O–H groups in total. The van der Waals surface area contributed by atoms with Gasteiger partial charge in [0, 0.05) is 6.54 Å². The van der Waals surface area contributed by atoms with Crippen molar-refractivity contribution in [3.8, 4) is 0 Å². The van der Waals surface area contributed by atoms with E-state index in [-0.39, 0.29) is 11.8 Å². The van der Waals surface area contributed by atoms with Crippen LogP contribution in [0, 0.1) is 6.92 Å². The first kappa shape index (κ1) is 17.5. The second-order valence-corrected chi connectivity index (χ2v) is 6.53. The van der Waals surface area contributed by atoms with Crippen molar-refractivity contribution in [1.29, 1.82) is 0 Å². The predicted molar refractivity (Wildman–Crippen MR) is 98.5 cm³/mol. The smallest absolute Gasteiger partial charge is 0.249 e. The van der Waals surface area contributed by atoms with Crippen LogP contribution in [0.5, 0.6) is 0 Å². The zero-order chi connectivity index (χ0) is 18.0. The zero-order valence-electron chi connectivity index (χ0n) is 13.9. The van der Waals surface area contributed by atoms with Crippen molar-refractivity contribution in [2.45, 2.75) is 25.4 Å². The van der Waals surface area contributed by atoms with Crippen LogP contribution in [0.2, 0.25) is 5.02 Å². The highest BCUT2D eigenvalue weighted by Gasteiger charge is 2.35. The van der Waals surface area contributed by atoms with Crippen LogP contribution in [-0.2, 0) is 9.59 Å². The number of para-hydroxylation sites is 1. The fraction of sp³-hybridized carbons (Fsp3) is 0.263. The van der Waals surface area contributed by atoms with Crippen molar-refractivity contribution in [1.82, 2.24) is 5.32 Å². The average molecular weight is 358 g/mol. The van der Waals surface area contributed by atoms with Crippen molar-refractivity contribution >= 4 is 29.1 Å². The van der Waals surface area contributed by atoms with E-state index in [1.165, 1.54) is 0 Å². The average Bonchev–Trinajstić information content (AvgIpc) is 2.96. The third-order valence-corrected chi connectivity index (χ3v) is 4.79. The number of hydrogen-bond acceptors (Lipinski definition) is 3. The molecule has 0 aliphatic carbocycles. The fourth-order valence-corrected chi connectivity index (χ4v) is 3.30. The van der Waals surface area contributed by atoms with Crippen LogP contribution in [0.1, 0.15) is 23.6 Å². The summed E-state index contributed by atoms with van der Waals surface area (Å²) in [6, 6.07) is 13.3. The molecule has 0 aromatic heterocycles. The Morgan fingerprint density at radius 1 is 1.24 bits per heavy atom. The summed E-state index contributed by atoms with van der Waals surface area (Å²) in [6.45, 7) is 2.41. The van der Waals surface area contributed by atoms with Crippen molar-refractivity contribution in [3.63, 3.8) is 0 Å². The Balaban J connectivity index is 1.70. The summed E-state index contributed by atoms with van der Waals surface area (Å²) < 4.78 is 0. The molecule has 0 radical (unpaired) electrons. The number of anilines is 1. The molecule has 5 nitrogen and oxygen atoms in total. The molecule has 3 rings (SSSR count). The first-order chi connectivity index (χ1) is 12.0. The molecule has 1 fully saturated rings.